The van der Waals surface area contributed by atoms with Crippen LogP contribution in [0.15, 0.2) is 24.3 Å². The SMILES string of the molecule is O=C(O)c1ccc(OC[C@@H]2C[C@@H](O)CN2P)cc1. The number of carboxylic acid groups (broad SMARTS) is 1. The number of rotatable bonds is 4. The van der Waals surface area contributed by atoms with Crippen LogP contribution in [0.3, 0.4) is 0 Å². The lowest BCUT2D eigenvalue weighted by molar-refractivity contribution is 0.0697. The number of nitrogens with zero attached hydrogens (tertiary/aromatic N) is 1. The van der Waals surface area contributed by atoms with E-state index in [0.29, 0.717) is 25.3 Å². The first-order valence-corrected chi connectivity index (χ1v) is 6.23. The van der Waals surface area contributed by atoms with E-state index in [4.69, 9.17) is 9.84 Å². The second-order valence-electron chi connectivity index (χ2n) is 4.38. The van der Waals surface area contributed by atoms with Crippen molar-refractivity contribution < 1.29 is 19.7 Å². The highest BCUT2D eigenvalue weighted by Crippen LogP contribution is 2.22. The molecule has 0 radical (unpaired) electrons. The van der Waals surface area contributed by atoms with Gasteiger partial charge in [-0.05, 0) is 30.7 Å². The van der Waals surface area contributed by atoms with Crippen molar-refractivity contribution >= 4 is 15.4 Å². The molecule has 6 heteroatoms. The molecule has 1 aromatic rings. The summed E-state index contributed by atoms with van der Waals surface area (Å²) in [4.78, 5) is 10.7. The summed E-state index contributed by atoms with van der Waals surface area (Å²) in [7, 11) is 2.58. The van der Waals surface area contributed by atoms with Crippen molar-refractivity contribution in [2.24, 2.45) is 0 Å². The van der Waals surface area contributed by atoms with Gasteiger partial charge in [-0.3, -0.25) is 4.67 Å². The zero-order valence-electron chi connectivity index (χ0n) is 9.82. The molecule has 2 rings (SSSR count). The third-order valence-electron chi connectivity index (χ3n) is 2.98. The van der Waals surface area contributed by atoms with Crippen LogP contribution in [0.5, 0.6) is 5.75 Å². The second kappa shape index (κ2) is 5.65. The minimum atomic E-state index is -0.948. The molecule has 18 heavy (non-hydrogen) atoms. The molecule has 2 N–H and O–H groups in total. The van der Waals surface area contributed by atoms with Crippen LogP contribution in [0.4, 0.5) is 0 Å². The molecule has 5 nitrogen and oxygen atoms in total. The molecule has 1 saturated heterocycles. The zero-order chi connectivity index (χ0) is 13.1. The molecule has 98 valence electrons. The quantitative estimate of drug-likeness (QED) is 0.798. The number of β-amino-alcohol motifs (C(OH)–C–C–N with tert-alkyl or cyclic N) is 1. The summed E-state index contributed by atoms with van der Waals surface area (Å²) in [6.45, 7) is 1.11. The van der Waals surface area contributed by atoms with Gasteiger partial charge in [0.1, 0.15) is 12.4 Å². The number of aliphatic hydroxyl groups is 1. The molecule has 0 saturated carbocycles. The molecular formula is C12H16NO4P. The third-order valence-corrected chi connectivity index (χ3v) is 3.61. The summed E-state index contributed by atoms with van der Waals surface area (Å²) in [5, 5.41) is 18.3. The molecule has 0 spiro atoms. The Bertz CT molecular complexity index is 423. The van der Waals surface area contributed by atoms with Crippen molar-refractivity contribution in [2.75, 3.05) is 13.2 Å². The molecule has 0 aromatic heterocycles. The van der Waals surface area contributed by atoms with Gasteiger partial charge in [-0.25, -0.2) is 4.79 Å². The van der Waals surface area contributed by atoms with Crippen LogP contribution in [0.2, 0.25) is 0 Å². The Morgan fingerprint density at radius 3 is 2.61 bits per heavy atom. The average molecular weight is 269 g/mol. The summed E-state index contributed by atoms with van der Waals surface area (Å²) in [6, 6.07) is 6.48. The number of hydrogen-bond donors (Lipinski definition) is 2. The van der Waals surface area contributed by atoms with E-state index in [9.17, 15) is 9.90 Å². The van der Waals surface area contributed by atoms with Crippen molar-refractivity contribution in [3.05, 3.63) is 29.8 Å². The van der Waals surface area contributed by atoms with Crippen molar-refractivity contribution in [1.82, 2.24) is 4.67 Å². The Hall–Kier alpha value is -1.16. The second-order valence-corrected chi connectivity index (χ2v) is 5.04. The Labute approximate surface area is 108 Å². The van der Waals surface area contributed by atoms with E-state index in [1.165, 1.54) is 12.1 Å². The fourth-order valence-corrected chi connectivity index (χ4v) is 2.42. The van der Waals surface area contributed by atoms with Crippen LogP contribution in [0.1, 0.15) is 16.8 Å². The zero-order valence-corrected chi connectivity index (χ0v) is 11.0. The highest BCUT2D eigenvalue weighted by Gasteiger charge is 2.28. The molecule has 3 atom stereocenters. The van der Waals surface area contributed by atoms with Crippen molar-refractivity contribution in [2.45, 2.75) is 18.6 Å². The number of carbonyl (C=O) groups is 1. The van der Waals surface area contributed by atoms with E-state index in [1.807, 2.05) is 4.67 Å². The molecular weight excluding hydrogens is 253 g/mol. The Balaban J connectivity index is 1.88. The van der Waals surface area contributed by atoms with Gasteiger partial charge in [0.05, 0.1) is 11.7 Å². The van der Waals surface area contributed by atoms with Crippen LogP contribution in [0.25, 0.3) is 0 Å². The highest BCUT2D eigenvalue weighted by molar-refractivity contribution is 7.13. The molecule has 0 amide bonds. The summed E-state index contributed by atoms with van der Waals surface area (Å²) < 4.78 is 7.57. The number of aromatic carboxylic acids is 1. The summed E-state index contributed by atoms with van der Waals surface area (Å²) in [6.07, 6.45) is 0.391. The molecule has 1 fully saturated rings. The van der Waals surface area contributed by atoms with Crippen molar-refractivity contribution in [3.8, 4) is 5.75 Å². The largest absolute Gasteiger partial charge is 0.492 e. The minimum absolute atomic E-state index is 0.171. The first-order valence-electron chi connectivity index (χ1n) is 5.72. The fraction of sp³-hybridized carbons (Fsp3) is 0.417. The Morgan fingerprint density at radius 1 is 1.44 bits per heavy atom. The number of hydrogen-bond acceptors (Lipinski definition) is 4. The van der Waals surface area contributed by atoms with Gasteiger partial charge in [-0.1, -0.05) is 9.39 Å². The maximum Gasteiger partial charge on any atom is 0.335 e. The number of carboxylic acids is 1. The van der Waals surface area contributed by atoms with Gasteiger partial charge in [-0.2, -0.15) is 0 Å². The molecule has 0 aliphatic carbocycles. The van der Waals surface area contributed by atoms with Gasteiger partial charge >= 0.3 is 5.97 Å². The molecule has 1 aromatic carbocycles. The van der Waals surface area contributed by atoms with E-state index in [2.05, 4.69) is 9.39 Å². The van der Waals surface area contributed by atoms with Gasteiger partial charge in [-0.15, -0.1) is 0 Å². The topological polar surface area (TPSA) is 70.0 Å². The number of ether oxygens (including phenoxy) is 1. The lowest BCUT2D eigenvalue weighted by atomic mass is 10.2. The molecule has 1 aliphatic heterocycles. The van der Waals surface area contributed by atoms with Gasteiger partial charge < -0.3 is 14.9 Å². The van der Waals surface area contributed by atoms with Gasteiger partial charge in [0.15, 0.2) is 0 Å². The minimum Gasteiger partial charge on any atom is -0.492 e. The maximum atomic E-state index is 10.7. The van der Waals surface area contributed by atoms with E-state index in [-0.39, 0.29) is 17.7 Å². The van der Waals surface area contributed by atoms with E-state index in [1.54, 1.807) is 12.1 Å². The lowest BCUT2D eigenvalue weighted by Crippen LogP contribution is -2.26. The van der Waals surface area contributed by atoms with E-state index < -0.39 is 5.97 Å². The van der Waals surface area contributed by atoms with E-state index >= 15 is 0 Å². The predicted octanol–water partition coefficient (Wildman–Crippen LogP) is 0.989. The van der Waals surface area contributed by atoms with Gasteiger partial charge in [0.2, 0.25) is 0 Å². The van der Waals surface area contributed by atoms with Gasteiger partial charge in [0, 0.05) is 12.6 Å². The van der Waals surface area contributed by atoms with Crippen molar-refractivity contribution in [3.63, 3.8) is 0 Å². The fourth-order valence-electron chi connectivity index (χ4n) is 1.97. The summed E-state index contributed by atoms with van der Waals surface area (Å²) in [5.74, 6) is -0.309. The number of aliphatic hydroxyl groups excluding tert-OH is 1. The van der Waals surface area contributed by atoms with Crippen LogP contribution >= 0.6 is 9.39 Å². The van der Waals surface area contributed by atoms with Crippen LogP contribution in [-0.2, 0) is 0 Å². The van der Waals surface area contributed by atoms with Crippen LogP contribution in [0, 0.1) is 0 Å². The monoisotopic (exact) mass is 269 g/mol. The number of benzene rings is 1. The Kier molecular flexibility index (Phi) is 4.17. The normalized spacial score (nSPS) is 24.1. The standard InChI is InChI=1S/C12H16NO4P/c14-10-5-9(13(18)6-10)7-17-11-3-1-8(2-4-11)12(15)16/h1-4,9-10,14H,5-7,18H2,(H,15,16)/t9-,10+/m0/s1. The molecule has 1 heterocycles. The summed E-state index contributed by atoms with van der Waals surface area (Å²) >= 11 is 0. The maximum absolute atomic E-state index is 10.7. The lowest BCUT2D eigenvalue weighted by Gasteiger charge is -2.18. The first-order chi connectivity index (χ1) is 8.56. The van der Waals surface area contributed by atoms with Crippen molar-refractivity contribution in [1.29, 1.82) is 0 Å². The van der Waals surface area contributed by atoms with E-state index in [0.717, 1.165) is 0 Å². The molecule has 0 bridgehead atoms. The predicted molar refractivity (Wildman–Crippen MR) is 69.7 cm³/mol. The average Bonchev–Trinajstić information content (AvgIpc) is 2.66. The molecule has 1 aliphatic rings. The summed E-state index contributed by atoms with van der Waals surface area (Å²) in [5.41, 5.74) is 0.242. The van der Waals surface area contributed by atoms with Crippen LogP contribution < -0.4 is 4.74 Å². The van der Waals surface area contributed by atoms with Gasteiger partial charge in [0.25, 0.3) is 0 Å². The molecule has 1 unspecified atom stereocenters. The highest BCUT2D eigenvalue weighted by atomic mass is 31.0. The third kappa shape index (κ3) is 3.19. The first kappa shape index (κ1) is 13.3. The van der Waals surface area contributed by atoms with Crippen LogP contribution in [-0.4, -0.2) is 46.2 Å². The smallest absolute Gasteiger partial charge is 0.335 e. The Morgan fingerprint density at radius 2 is 2.11 bits per heavy atom.